The number of carbonyl (C=O) groups is 2. The molecule has 0 fully saturated rings. The second-order valence-electron chi connectivity index (χ2n) is 8.29. The Labute approximate surface area is 195 Å². The van der Waals surface area contributed by atoms with E-state index < -0.39 is 22.9 Å². The lowest BCUT2D eigenvalue weighted by Crippen LogP contribution is -2.55. The number of ether oxygens (including phenoxy) is 2. The number of hydrogen-bond acceptors (Lipinski definition) is 5. The number of nitrogens with zero attached hydrogens (tertiary/aromatic N) is 1. The smallest absolute Gasteiger partial charge is 0.335 e. The summed E-state index contributed by atoms with van der Waals surface area (Å²) < 4.78 is 10.3. The van der Waals surface area contributed by atoms with Crippen LogP contribution in [0, 0.1) is 0 Å². The predicted molar refractivity (Wildman–Crippen MR) is 129 cm³/mol. The summed E-state index contributed by atoms with van der Waals surface area (Å²) in [5.41, 5.74) is 0.594. The Hall–Kier alpha value is -3.73. The van der Waals surface area contributed by atoms with Crippen LogP contribution in [0.5, 0.6) is 0 Å². The van der Waals surface area contributed by atoms with Crippen LogP contribution < -0.4 is 0 Å². The van der Waals surface area contributed by atoms with Gasteiger partial charge in [-0.05, 0) is 5.56 Å². The molecule has 0 aromatic heterocycles. The van der Waals surface area contributed by atoms with Crippen LogP contribution in [0.25, 0.3) is 0 Å². The lowest BCUT2D eigenvalue weighted by Gasteiger charge is -2.42. The Kier molecular flexibility index (Phi) is 7.44. The summed E-state index contributed by atoms with van der Waals surface area (Å²) in [5.74, 6) is -1.15. The van der Waals surface area contributed by atoms with Gasteiger partial charge in [-0.15, -0.1) is 0 Å². The quantitative estimate of drug-likeness (QED) is 0.364. The first-order chi connectivity index (χ1) is 15.9. The molecule has 3 aromatic carbocycles. The zero-order valence-electron chi connectivity index (χ0n) is 19.4. The van der Waals surface area contributed by atoms with E-state index >= 15 is 0 Å². The van der Waals surface area contributed by atoms with Gasteiger partial charge in [-0.3, -0.25) is 9.79 Å². The van der Waals surface area contributed by atoms with E-state index in [0.29, 0.717) is 5.71 Å². The highest BCUT2D eigenvalue weighted by Crippen LogP contribution is 2.42. The van der Waals surface area contributed by atoms with Crippen molar-refractivity contribution in [3.05, 3.63) is 108 Å². The normalized spacial score (nSPS) is 12.8. The zero-order chi connectivity index (χ0) is 23.9. The van der Waals surface area contributed by atoms with E-state index in [1.54, 1.807) is 0 Å². The molecule has 0 saturated carbocycles. The van der Waals surface area contributed by atoms with Gasteiger partial charge in [0.05, 0.1) is 26.4 Å². The van der Waals surface area contributed by atoms with Gasteiger partial charge in [-0.1, -0.05) is 105 Å². The maximum atomic E-state index is 13.6. The Bertz CT molecular complexity index is 1070. The highest BCUT2D eigenvalue weighted by molar-refractivity contribution is 6.14. The molecule has 5 nitrogen and oxygen atoms in total. The van der Waals surface area contributed by atoms with E-state index in [1.165, 1.54) is 14.2 Å². The van der Waals surface area contributed by atoms with Crippen molar-refractivity contribution < 1.29 is 19.1 Å². The lowest BCUT2D eigenvalue weighted by atomic mass is 9.66. The molecule has 0 heterocycles. The number of methoxy groups -OCH3 is 2. The minimum Gasteiger partial charge on any atom is -0.469 e. The summed E-state index contributed by atoms with van der Waals surface area (Å²) in [6.07, 6.45) is -0.277. The van der Waals surface area contributed by atoms with Crippen LogP contribution in [-0.4, -0.2) is 37.4 Å². The van der Waals surface area contributed by atoms with E-state index in [4.69, 9.17) is 14.5 Å². The summed E-state index contributed by atoms with van der Waals surface area (Å²) in [6, 6.07) is 28.8. The van der Waals surface area contributed by atoms with E-state index in [9.17, 15) is 9.59 Å². The van der Waals surface area contributed by atoms with Gasteiger partial charge < -0.3 is 9.47 Å². The van der Waals surface area contributed by atoms with Crippen molar-refractivity contribution in [2.75, 3.05) is 14.2 Å². The topological polar surface area (TPSA) is 65.0 Å². The third kappa shape index (κ3) is 4.87. The molecule has 3 aromatic rings. The second-order valence-corrected chi connectivity index (χ2v) is 8.29. The van der Waals surface area contributed by atoms with Gasteiger partial charge in [-0.25, -0.2) is 4.79 Å². The van der Waals surface area contributed by atoms with Crippen molar-refractivity contribution in [1.82, 2.24) is 0 Å². The Morgan fingerprint density at radius 2 is 1.18 bits per heavy atom. The molecule has 0 aliphatic carbocycles. The van der Waals surface area contributed by atoms with Crippen LogP contribution in [0.15, 0.2) is 96.0 Å². The number of aliphatic imine (C=N–C) groups is 1. The summed E-state index contributed by atoms with van der Waals surface area (Å²) in [4.78, 5) is 31.3. The van der Waals surface area contributed by atoms with Gasteiger partial charge in [-0.2, -0.15) is 0 Å². The molecule has 0 aliphatic rings. The molecule has 0 spiro atoms. The molecular formula is C28H29NO4. The minimum absolute atomic E-state index is 0.277. The highest BCUT2D eigenvalue weighted by Gasteiger charge is 2.55. The summed E-state index contributed by atoms with van der Waals surface area (Å²) in [6.45, 7) is 3.80. The first kappa shape index (κ1) is 23.9. The lowest BCUT2D eigenvalue weighted by molar-refractivity contribution is -0.156. The maximum absolute atomic E-state index is 13.6. The zero-order valence-corrected chi connectivity index (χ0v) is 19.4. The fourth-order valence-corrected chi connectivity index (χ4v) is 4.00. The van der Waals surface area contributed by atoms with Gasteiger partial charge in [0.25, 0.3) is 0 Å². The average molecular weight is 444 g/mol. The van der Waals surface area contributed by atoms with E-state index in [1.807, 2.05) is 105 Å². The number of benzene rings is 3. The van der Waals surface area contributed by atoms with Crippen molar-refractivity contribution in [2.45, 2.75) is 31.2 Å². The van der Waals surface area contributed by atoms with Crippen molar-refractivity contribution in [1.29, 1.82) is 0 Å². The molecule has 0 radical (unpaired) electrons. The molecule has 1 unspecified atom stereocenters. The van der Waals surface area contributed by atoms with Gasteiger partial charge in [0.1, 0.15) is 0 Å². The summed E-state index contributed by atoms with van der Waals surface area (Å²) in [5, 5.41) is 0. The molecule has 0 amide bonds. The van der Waals surface area contributed by atoms with Gasteiger partial charge in [0, 0.05) is 16.5 Å². The monoisotopic (exact) mass is 443 g/mol. The minimum atomic E-state index is -1.59. The van der Waals surface area contributed by atoms with Gasteiger partial charge in [0.2, 0.25) is 0 Å². The van der Waals surface area contributed by atoms with Crippen molar-refractivity contribution in [3.63, 3.8) is 0 Å². The number of hydrogen-bond donors (Lipinski definition) is 0. The SMILES string of the molecule is COC(=O)CC(N=C(c1ccccc1)c1ccccc1)(C(=O)OC)C(C)(C)c1ccccc1. The molecule has 1 atom stereocenters. The molecule has 3 rings (SSSR count). The Morgan fingerprint density at radius 1 is 0.727 bits per heavy atom. The first-order valence-corrected chi connectivity index (χ1v) is 10.8. The molecular weight excluding hydrogens is 414 g/mol. The largest absolute Gasteiger partial charge is 0.469 e. The van der Waals surface area contributed by atoms with Crippen LogP contribution in [0.2, 0.25) is 0 Å². The van der Waals surface area contributed by atoms with Crippen LogP contribution in [-0.2, 0) is 24.5 Å². The standard InChI is InChI=1S/C28H29NO4/c1-27(2,23-18-12-7-13-19-23)28(26(31)33-4,20-24(30)32-3)29-25(21-14-8-5-9-15-21)22-16-10-6-11-17-22/h5-19H,20H2,1-4H3. The fraction of sp³-hybridized carbons (Fsp3) is 0.250. The van der Waals surface area contributed by atoms with E-state index in [2.05, 4.69) is 0 Å². The third-order valence-electron chi connectivity index (χ3n) is 6.08. The first-order valence-electron chi connectivity index (χ1n) is 10.8. The second kappa shape index (κ2) is 10.3. The van der Waals surface area contributed by atoms with Crippen LogP contribution in [0.1, 0.15) is 37.0 Å². The van der Waals surface area contributed by atoms with E-state index in [-0.39, 0.29) is 6.42 Å². The molecule has 33 heavy (non-hydrogen) atoms. The van der Waals surface area contributed by atoms with Crippen LogP contribution >= 0.6 is 0 Å². The molecule has 0 bridgehead atoms. The summed E-state index contributed by atoms with van der Waals surface area (Å²) in [7, 11) is 2.62. The molecule has 0 N–H and O–H groups in total. The Balaban J connectivity index is 2.38. The maximum Gasteiger partial charge on any atom is 0.335 e. The molecule has 0 saturated heterocycles. The molecule has 5 heteroatoms. The third-order valence-corrected chi connectivity index (χ3v) is 6.08. The van der Waals surface area contributed by atoms with Gasteiger partial charge in [0.15, 0.2) is 5.54 Å². The fourth-order valence-electron chi connectivity index (χ4n) is 4.00. The Morgan fingerprint density at radius 3 is 1.61 bits per heavy atom. The number of rotatable bonds is 8. The van der Waals surface area contributed by atoms with Crippen molar-refractivity contribution >= 4 is 17.7 Å². The van der Waals surface area contributed by atoms with Crippen molar-refractivity contribution in [3.8, 4) is 0 Å². The van der Waals surface area contributed by atoms with E-state index in [0.717, 1.165) is 16.7 Å². The summed E-state index contributed by atoms with van der Waals surface area (Å²) >= 11 is 0. The number of esters is 2. The number of carbonyl (C=O) groups excluding carboxylic acids is 2. The molecule has 0 aliphatic heterocycles. The predicted octanol–water partition coefficient (Wildman–Crippen LogP) is 4.98. The average Bonchev–Trinajstić information content (AvgIpc) is 2.87. The van der Waals surface area contributed by atoms with Crippen LogP contribution in [0.3, 0.4) is 0 Å². The van der Waals surface area contributed by atoms with Gasteiger partial charge >= 0.3 is 11.9 Å². The van der Waals surface area contributed by atoms with Crippen LogP contribution in [0.4, 0.5) is 0 Å². The molecule has 170 valence electrons. The van der Waals surface area contributed by atoms with Crippen molar-refractivity contribution in [2.24, 2.45) is 4.99 Å². The highest BCUT2D eigenvalue weighted by atomic mass is 16.5.